The van der Waals surface area contributed by atoms with Crippen LogP contribution in [0.5, 0.6) is 0 Å². The summed E-state index contributed by atoms with van der Waals surface area (Å²) in [5.74, 6) is 0.387. The lowest BCUT2D eigenvalue weighted by Gasteiger charge is -2.29. The summed E-state index contributed by atoms with van der Waals surface area (Å²) in [6.07, 6.45) is 10.6. The second-order valence-corrected chi connectivity index (χ2v) is 6.89. The molecule has 0 amide bonds. The Hall–Kier alpha value is -3.15. The van der Waals surface area contributed by atoms with Gasteiger partial charge in [0.05, 0.1) is 0 Å². The third kappa shape index (κ3) is 3.31. The van der Waals surface area contributed by atoms with Crippen LogP contribution >= 0.6 is 0 Å². The van der Waals surface area contributed by atoms with Crippen molar-refractivity contribution >= 4 is 22.7 Å². The van der Waals surface area contributed by atoms with Crippen molar-refractivity contribution in [2.45, 2.75) is 20.3 Å². The first kappa shape index (κ1) is 17.7. The first-order valence-electron chi connectivity index (χ1n) is 8.41. The normalized spacial score (nSPS) is 19.2. The topological polar surface area (TPSA) is 85.3 Å². The molecule has 6 heteroatoms. The van der Waals surface area contributed by atoms with E-state index in [0.717, 1.165) is 23.1 Å². The third-order valence-electron chi connectivity index (χ3n) is 4.74. The number of Topliss-reactive ketones (excluding diaryl/α,β-unsaturated/α-hetero) is 1. The predicted molar refractivity (Wildman–Crippen MR) is 104 cm³/mol. The number of hydrogen-bond acceptors (Lipinski definition) is 5. The number of ketones is 1. The fourth-order valence-corrected chi connectivity index (χ4v) is 2.94. The summed E-state index contributed by atoms with van der Waals surface area (Å²) in [6, 6.07) is 2.00. The largest absolute Gasteiger partial charge is 0.384 e. The zero-order chi connectivity index (χ0) is 18.9. The van der Waals surface area contributed by atoms with Gasteiger partial charge in [-0.15, -0.1) is 0 Å². The van der Waals surface area contributed by atoms with Crippen molar-refractivity contribution < 1.29 is 4.79 Å². The van der Waals surface area contributed by atoms with Crippen molar-refractivity contribution in [3.8, 4) is 0 Å². The maximum Gasteiger partial charge on any atom is 0.161 e. The highest BCUT2D eigenvalue weighted by Gasteiger charge is 2.24. The van der Waals surface area contributed by atoms with E-state index in [9.17, 15) is 4.79 Å². The van der Waals surface area contributed by atoms with E-state index >= 15 is 0 Å². The SMILES string of the molecule is C=C(NC[C@@]1(C)C=CC(c2ccn3ncnc(N)c23)=CC1)C(=C)C(C)=O. The molecule has 6 nitrogen and oxygen atoms in total. The molecule has 3 rings (SSSR count). The van der Waals surface area contributed by atoms with Crippen molar-refractivity contribution in [1.82, 2.24) is 19.9 Å². The highest BCUT2D eigenvalue weighted by Crippen LogP contribution is 2.34. The van der Waals surface area contributed by atoms with Gasteiger partial charge in [-0.25, -0.2) is 9.50 Å². The molecule has 134 valence electrons. The van der Waals surface area contributed by atoms with Gasteiger partial charge in [-0.3, -0.25) is 4.79 Å². The highest BCUT2D eigenvalue weighted by molar-refractivity contribution is 5.96. The summed E-state index contributed by atoms with van der Waals surface area (Å²) in [5, 5.41) is 7.41. The summed E-state index contributed by atoms with van der Waals surface area (Å²) in [7, 11) is 0. The van der Waals surface area contributed by atoms with E-state index < -0.39 is 0 Å². The third-order valence-corrected chi connectivity index (χ3v) is 4.74. The number of fused-ring (bicyclic) bond motifs is 1. The second kappa shape index (κ2) is 6.63. The monoisotopic (exact) mass is 349 g/mol. The molecular formula is C20H23N5O. The number of aromatic nitrogens is 3. The Balaban J connectivity index is 1.74. The minimum absolute atomic E-state index is 0.0746. The maximum absolute atomic E-state index is 11.4. The standard InChI is InChI=1S/C20H23N5O/c1-13(15(3)26)14(2)22-11-20(4)8-5-16(6-9-20)17-7-10-25-18(17)19(21)23-12-24-25/h5-8,10,12,22H,1-2,9,11H2,3-4H3,(H2,21,23,24)/t20-/m0/s1. The molecule has 2 aromatic heterocycles. The highest BCUT2D eigenvalue weighted by atomic mass is 16.1. The van der Waals surface area contributed by atoms with Gasteiger partial charge >= 0.3 is 0 Å². The molecule has 0 aromatic carbocycles. The number of nitrogens with two attached hydrogens (primary N) is 1. The molecule has 2 aromatic rings. The van der Waals surface area contributed by atoms with Gasteiger partial charge in [-0.1, -0.05) is 38.3 Å². The van der Waals surface area contributed by atoms with Gasteiger partial charge in [0.25, 0.3) is 0 Å². The van der Waals surface area contributed by atoms with Gasteiger partial charge in [-0.2, -0.15) is 5.10 Å². The Morgan fingerprint density at radius 3 is 2.88 bits per heavy atom. The van der Waals surface area contributed by atoms with Crippen LogP contribution in [-0.2, 0) is 4.79 Å². The van der Waals surface area contributed by atoms with E-state index in [2.05, 4.69) is 53.7 Å². The van der Waals surface area contributed by atoms with Gasteiger partial charge < -0.3 is 11.1 Å². The minimum atomic E-state index is -0.0822. The molecule has 0 fully saturated rings. The van der Waals surface area contributed by atoms with Crippen LogP contribution in [0.4, 0.5) is 5.82 Å². The number of nitrogens with zero attached hydrogens (tertiary/aromatic N) is 3. The molecule has 2 heterocycles. The number of nitrogen functional groups attached to an aromatic ring is 1. The van der Waals surface area contributed by atoms with E-state index in [0.29, 0.717) is 23.6 Å². The van der Waals surface area contributed by atoms with Crippen LogP contribution in [0.1, 0.15) is 25.8 Å². The quantitative estimate of drug-likeness (QED) is 0.619. The zero-order valence-electron chi connectivity index (χ0n) is 15.1. The first-order valence-corrected chi connectivity index (χ1v) is 8.41. The smallest absolute Gasteiger partial charge is 0.161 e. The van der Waals surface area contributed by atoms with Crippen molar-refractivity contribution in [1.29, 1.82) is 0 Å². The van der Waals surface area contributed by atoms with Crippen LogP contribution in [-0.4, -0.2) is 26.9 Å². The summed E-state index contributed by atoms with van der Waals surface area (Å²) < 4.78 is 1.74. The van der Waals surface area contributed by atoms with Crippen LogP contribution < -0.4 is 11.1 Å². The number of allylic oxidation sites excluding steroid dienone is 4. The fraction of sp³-hybridized carbons (Fsp3) is 0.250. The molecule has 1 aliphatic carbocycles. The molecule has 0 saturated carbocycles. The van der Waals surface area contributed by atoms with Gasteiger partial charge in [0.2, 0.25) is 0 Å². The summed E-state index contributed by atoms with van der Waals surface area (Å²) in [6.45, 7) is 12.0. The lowest BCUT2D eigenvalue weighted by atomic mass is 9.80. The van der Waals surface area contributed by atoms with Crippen molar-refractivity contribution in [2.24, 2.45) is 5.41 Å². The van der Waals surface area contributed by atoms with Gasteiger partial charge in [0.15, 0.2) is 11.6 Å². The number of anilines is 1. The van der Waals surface area contributed by atoms with E-state index in [1.165, 1.54) is 13.3 Å². The van der Waals surface area contributed by atoms with Crippen LogP contribution in [0.15, 0.2) is 61.2 Å². The summed E-state index contributed by atoms with van der Waals surface area (Å²) in [5.41, 5.74) is 9.85. The summed E-state index contributed by atoms with van der Waals surface area (Å²) >= 11 is 0. The number of rotatable bonds is 6. The van der Waals surface area contributed by atoms with Crippen LogP contribution in [0.2, 0.25) is 0 Å². The van der Waals surface area contributed by atoms with E-state index in [1.807, 2.05) is 12.3 Å². The van der Waals surface area contributed by atoms with Crippen LogP contribution in [0.25, 0.3) is 11.1 Å². The molecule has 0 saturated heterocycles. The van der Waals surface area contributed by atoms with Gasteiger partial charge in [-0.05, 0) is 25.0 Å². The summed E-state index contributed by atoms with van der Waals surface area (Å²) in [4.78, 5) is 15.5. The van der Waals surface area contributed by atoms with Crippen LogP contribution in [0.3, 0.4) is 0 Å². The molecule has 0 unspecified atom stereocenters. The molecule has 26 heavy (non-hydrogen) atoms. The molecule has 0 bridgehead atoms. The molecule has 3 N–H and O–H groups in total. The molecule has 1 atom stereocenters. The molecular weight excluding hydrogens is 326 g/mol. The lowest BCUT2D eigenvalue weighted by molar-refractivity contribution is -0.113. The second-order valence-electron chi connectivity index (χ2n) is 6.89. The maximum atomic E-state index is 11.4. The minimum Gasteiger partial charge on any atom is -0.384 e. The van der Waals surface area contributed by atoms with E-state index in [1.54, 1.807) is 4.52 Å². The molecule has 0 radical (unpaired) electrons. The Morgan fingerprint density at radius 2 is 2.23 bits per heavy atom. The number of nitrogens with one attached hydrogen (secondary N) is 1. The predicted octanol–water partition coefficient (Wildman–Crippen LogP) is 2.91. The Morgan fingerprint density at radius 1 is 1.46 bits per heavy atom. The first-order chi connectivity index (χ1) is 12.3. The Kier molecular flexibility index (Phi) is 4.50. The van der Waals surface area contributed by atoms with Crippen molar-refractivity contribution in [2.75, 3.05) is 12.3 Å². The fourth-order valence-electron chi connectivity index (χ4n) is 2.94. The van der Waals surface area contributed by atoms with E-state index in [-0.39, 0.29) is 11.2 Å². The van der Waals surface area contributed by atoms with Gasteiger partial charge in [0, 0.05) is 35.0 Å². The number of hydrogen-bond donors (Lipinski definition) is 2. The lowest BCUT2D eigenvalue weighted by Crippen LogP contribution is -2.31. The number of carbonyl (C=O) groups excluding carboxylic acids is 1. The Bertz CT molecular complexity index is 966. The van der Waals surface area contributed by atoms with E-state index in [4.69, 9.17) is 5.73 Å². The van der Waals surface area contributed by atoms with Crippen molar-refractivity contribution in [3.05, 3.63) is 66.8 Å². The Labute approximate surface area is 152 Å². The molecule has 0 aliphatic heterocycles. The molecule has 0 spiro atoms. The average molecular weight is 349 g/mol. The number of carbonyl (C=O) groups is 1. The zero-order valence-corrected chi connectivity index (χ0v) is 15.1. The average Bonchev–Trinajstić information content (AvgIpc) is 3.05. The van der Waals surface area contributed by atoms with Gasteiger partial charge in [0.1, 0.15) is 11.8 Å². The molecule has 1 aliphatic rings. The van der Waals surface area contributed by atoms with Crippen molar-refractivity contribution in [3.63, 3.8) is 0 Å². The van der Waals surface area contributed by atoms with Crippen LogP contribution in [0, 0.1) is 5.41 Å².